The molecule has 0 saturated carbocycles. The lowest BCUT2D eigenvalue weighted by Crippen LogP contribution is -2.63. The van der Waals surface area contributed by atoms with Crippen molar-refractivity contribution >= 4 is 59.2 Å². The van der Waals surface area contributed by atoms with Crippen molar-refractivity contribution in [1.82, 2.24) is 31.1 Å². The Balaban J connectivity index is 2.16. The first-order valence-electron chi connectivity index (χ1n) is 14.4. The Bertz CT molecular complexity index is 1180. The first-order valence-corrected chi connectivity index (χ1v) is 14.4. The lowest BCUT2D eigenvalue weighted by molar-refractivity contribution is -0.139. The first kappa shape index (κ1) is 36.8. The van der Waals surface area contributed by atoms with E-state index in [2.05, 4.69) is 21.3 Å². The molecular weight excluding hydrogens is 612 g/mol. The molecule has 0 aromatic carbocycles. The van der Waals surface area contributed by atoms with Crippen molar-refractivity contribution in [2.45, 2.75) is 63.5 Å². The lowest BCUT2D eigenvalue weighted by Gasteiger charge is -2.28. The third-order valence-corrected chi connectivity index (χ3v) is 6.64. The average Bonchev–Trinajstić information content (AvgIpc) is 3.49. The Morgan fingerprint density at radius 2 is 0.870 bits per heavy atom. The highest BCUT2D eigenvalue weighted by molar-refractivity contribution is 6.13. The summed E-state index contributed by atoms with van der Waals surface area (Å²) in [5.74, 6) is -7.92. The van der Waals surface area contributed by atoms with Crippen LogP contribution in [0.3, 0.4) is 0 Å². The summed E-state index contributed by atoms with van der Waals surface area (Å²) in [6, 6.07) is -3.47. The molecule has 2 rings (SSSR count). The zero-order valence-corrected chi connectivity index (χ0v) is 24.8. The fraction of sp³-hybridized carbons (Fsp3) is 0.500. The molecule has 6 N–H and O–H groups in total. The second-order valence-electron chi connectivity index (χ2n) is 10.2. The van der Waals surface area contributed by atoms with Crippen LogP contribution in [0.1, 0.15) is 51.4 Å². The molecule has 0 aromatic rings. The number of carbonyl (C=O) groups is 10. The Labute approximate surface area is 262 Å². The minimum atomic E-state index is -1.73. The summed E-state index contributed by atoms with van der Waals surface area (Å²) in [6.07, 6.45) is 3.14. The highest BCUT2D eigenvalue weighted by Gasteiger charge is 2.36. The molecule has 250 valence electrons. The number of nitrogens with zero attached hydrogens (tertiary/aromatic N) is 2. The molecule has 0 fully saturated rings. The standard InChI is InChI=1S/C28H36N6O12/c35-17(5-3-15-33-19(37)9-10-20(33)38)31-25(27(45)29-13-1-7-23(41)42)26(28(46)30-14-2-8-24(43)44)32-18(36)6-4-16-34-21(39)11-12-22(34)40/h9-12,25-26H,1-8,13-16H2,(H,29,45)(H,30,46)(H,31,35)(H,32,36)(H,41,42)(H,43,44)/t25-,26-/m1/s1. The van der Waals surface area contributed by atoms with Crippen molar-refractivity contribution in [1.29, 1.82) is 0 Å². The monoisotopic (exact) mass is 648 g/mol. The van der Waals surface area contributed by atoms with Gasteiger partial charge in [0.25, 0.3) is 23.6 Å². The largest absolute Gasteiger partial charge is 0.481 e. The summed E-state index contributed by atoms with van der Waals surface area (Å²) < 4.78 is 0. The highest BCUT2D eigenvalue weighted by Crippen LogP contribution is 2.08. The van der Waals surface area contributed by atoms with Crippen molar-refractivity contribution in [2.75, 3.05) is 26.2 Å². The number of hydrogen-bond acceptors (Lipinski definition) is 10. The fourth-order valence-corrected chi connectivity index (χ4v) is 4.31. The van der Waals surface area contributed by atoms with Crippen LogP contribution in [0.4, 0.5) is 0 Å². The van der Waals surface area contributed by atoms with Gasteiger partial charge < -0.3 is 31.5 Å². The molecule has 0 spiro atoms. The molecular formula is C28H36N6O12. The van der Waals surface area contributed by atoms with Gasteiger partial charge in [-0.2, -0.15) is 0 Å². The molecule has 0 aliphatic carbocycles. The van der Waals surface area contributed by atoms with Crippen LogP contribution in [0.5, 0.6) is 0 Å². The van der Waals surface area contributed by atoms with Gasteiger partial charge in [-0.15, -0.1) is 0 Å². The van der Waals surface area contributed by atoms with Gasteiger partial charge in [-0.25, -0.2) is 0 Å². The van der Waals surface area contributed by atoms with E-state index in [4.69, 9.17) is 10.2 Å². The van der Waals surface area contributed by atoms with Gasteiger partial charge in [0, 0.05) is 76.2 Å². The minimum absolute atomic E-state index is 0.000841. The zero-order chi connectivity index (χ0) is 34.2. The molecule has 2 aliphatic heterocycles. The van der Waals surface area contributed by atoms with E-state index in [1.54, 1.807) is 0 Å². The molecule has 0 bridgehead atoms. The maximum Gasteiger partial charge on any atom is 0.303 e. The molecule has 2 heterocycles. The van der Waals surface area contributed by atoms with Crippen LogP contribution in [0.2, 0.25) is 0 Å². The Kier molecular flexibility index (Phi) is 14.7. The van der Waals surface area contributed by atoms with Gasteiger partial charge in [-0.3, -0.25) is 57.7 Å². The molecule has 0 radical (unpaired) electrons. The third-order valence-electron chi connectivity index (χ3n) is 6.64. The van der Waals surface area contributed by atoms with E-state index in [-0.39, 0.29) is 77.5 Å². The minimum Gasteiger partial charge on any atom is -0.481 e. The quantitative estimate of drug-likeness (QED) is 0.0550. The van der Waals surface area contributed by atoms with E-state index in [1.165, 1.54) is 0 Å². The summed E-state index contributed by atoms with van der Waals surface area (Å²) >= 11 is 0. The second kappa shape index (κ2) is 18.4. The number of hydrogen-bond donors (Lipinski definition) is 6. The van der Waals surface area contributed by atoms with Gasteiger partial charge in [0.2, 0.25) is 23.6 Å². The van der Waals surface area contributed by atoms with Crippen molar-refractivity contribution in [3.8, 4) is 0 Å². The van der Waals surface area contributed by atoms with Crippen LogP contribution >= 0.6 is 0 Å². The predicted molar refractivity (Wildman–Crippen MR) is 154 cm³/mol. The topological polar surface area (TPSA) is 266 Å². The maximum atomic E-state index is 13.2. The van der Waals surface area contributed by atoms with Gasteiger partial charge >= 0.3 is 11.9 Å². The normalized spacial score (nSPS) is 15.1. The number of carboxylic acid groups (broad SMARTS) is 2. The van der Waals surface area contributed by atoms with Crippen LogP contribution in [-0.4, -0.2) is 117 Å². The number of imide groups is 2. The Hall–Kier alpha value is -5.42. The van der Waals surface area contributed by atoms with Crippen LogP contribution in [0.15, 0.2) is 24.3 Å². The molecule has 2 aliphatic rings. The Morgan fingerprint density at radius 1 is 0.543 bits per heavy atom. The fourth-order valence-electron chi connectivity index (χ4n) is 4.31. The van der Waals surface area contributed by atoms with Gasteiger partial charge in [0.15, 0.2) is 0 Å². The van der Waals surface area contributed by atoms with E-state index >= 15 is 0 Å². The van der Waals surface area contributed by atoms with Gasteiger partial charge in [0.05, 0.1) is 0 Å². The smallest absolute Gasteiger partial charge is 0.303 e. The van der Waals surface area contributed by atoms with E-state index in [0.717, 1.165) is 34.1 Å². The molecule has 0 saturated heterocycles. The summed E-state index contributed by atoms with van der Waals surface area (Å²) in [4.78, 5) is 123. The first-order chi connectivity index (χ1) is 21.8. The van der Waals surface area contributed by atoms with Crippen molar-refractivity contribution in [2.24, 2.45) is 0 Å². The zero-order valence-electron chi connectivity index (χ0n) is 24.8. The lowest BCUT2D eigenvalue weighted by atomic mass is 10.0. The summed E-state index contributed by atoms with van der Waals surface area (Å²) in [7, 11) is 0. The second-order valence-corrected chi connectivity index (χ2v) is 10.2. The molecule has 18 heteroatoms. The van der Waals surface area contributed by atoms with Gasteiger partial charge in [-0.05, 0) is 25.7 Å². The summed E-state index contributed by atoms with van der Waals surface area (Å²) in [5.41, 5.74) is 0. The Morgan fingerprint density at radius 3 is 1.17 bits per heavy atom. The number of nitrogens with one attached hydrogen (secondary N) is 4. The van der Waals surface area contributed by atoms with Crippen LogP contribution in [0.25, 0.3) is 0 Å². The SMILES string of the molecule is O=C(O)CCCNC(=O)[C@H](NC(=O)CCCN1C(=O)C=CC1=O)[C@@H](NC(=O)CCCN1C(=O)C=CC1=O)C(=O)NCCCC(=O)O. The summed E-state index contributed by atoms with van der Waals surface area (Å²) in [6.45, 7) is -0.523. The van der Waals surface area contributed by atoms with Crippen molar-refractivity contribution in [3.63, 3.8) is 0 Å². The number of amides is 8. The predicted octanol–water partition coefficient (Wildman–Crippen LogP) is -2.67. The van der Waals surface area contributed by atoms with Crippen LogP contribution < -0.4 is 21.3 Å². The van der Waals surface area contributed by atoms with E-state index < -0.39 is 71.3 Å². The molecule has 0 aromatic heterocycles. The van der Waals surface area contributed by atoms with Crippen molar-refractivity contribution < 1.29 is 58.2 Å². The van der Waals surface area contributed by atoms with E-state index in [1.807, 2.05) is 0 Å². The van der Waals surface area contributed by atoms with Crippen LogP contribution in [-0.2, 0) is 47.9 Å². The number of aliphatic carboxylic acids is 2. The number of rotatable bonds is 21. The van der Waals surface area contributed by atoms with Crippen LogP contribution in [0, 0.1) is 0 Å². The number of carboxylic acids is 2. The third kappa shape index (κ3) is 12.3. The van der Waals surface area contributed by atoms with E-state index in [9.17, 15) is 47.9 Å². The molecule has 2 atom stereocenters. The molecule has 46 heavy (non-hydrogen) atoms. The van der Waals surface area contributed by atoms with Gasteiger partial charge in [0.1, 0.15) is 12.1 Å². The van der Waals surface area contributed by atoms with Crippen molar-refractivity contribution in [3.05, 3.63) is 24.3 Å². The number of carbonyl (C=O) groups excluding carboxylic acids is 8. The summed E-state index contributed by atoms with van der Waals surface area (Å²) in [5, 5.41) is 27.3. The molecule has 0 unspecified atom stereocenters. The highest BCUT2D eigenvalue weighted by atomic mass is 16.4. The van der Waals surface area contributed by atoms with E-state index in [0.29, 0.717) is 0 Å². The molecule has 18 nitrogen and oxygen atoms in total. The molecule has 8 amide bonds. The maximum absolute atomic E-state index is 13.2. The van der Waals surface area contributed by atoms with Gasteiger partial charge in [-0.1, -0.05) is 0 Å². The average molecular weight is 649 g/mol.